The first-order valence-corrected chi connectivity index (χ1v) is 6.32. The molecule has 88 valence electrons. The molecule has 0 saturated heterocycles. The fourth-order valence-corrected chi connectivity index (χ4v) is 2.48. The number of nitrogens with one attached hydrogen (secondary N) is 1. The van der Waals surface area contributed by atoms with Crippen LogP contribution in [0.1, 0.15) is 28.2 Å². The van der Waals surface area contributed by atoms with Crippen LogP contribution < -0.4 is 5.32 Å². The Balaban J connectivity index is 2.04. The van der Waals surface area contributed by atoms with E-state index in [1.807, 2.05) is 19.1 Å². The van der Waals surface area contributed by atoms with E-state index in [4.69, 9.17) is 11.6 Å². The van der Waals surface area contributed by atoms with Crippen molar-refractivity contribution >= 4 is 28.8 Å². The summed E-state index contributed by atoms with van der Waals surface area (Å²) < 4.78 is 0.727. The number of pyridine rings is 1. The van der Waals surface area contributed by atoms with Gasteiger partial charge in [-0.1, -0.05) is 11.6 Å². The van der Waals surface area contributed by atoms with Crippen molar-refractivity contribution in [2.75, 3.05) is 0 Å². The molecule has 17 heavy (non-hydrogen) atoms. The average Bonchev–Trinajstić information content (AvgIpc) is 2.77. The molecule has 5 heteroatoms. The summed E-state index contributed by atoms with van der Waals surface area (Å²) in [5.41, 5.74) is 0.606. The molecule has 0 aliphatic heterocycles. The lowest BCUT2D eigenvalue weighted by atomic mass is 10.2. The molecule has 1 atom stereocenters. The van der Waals surface area contributed by atoms with Gasteiger partial charge in [-0.25, -0.2) is 0 Å². The molecule has 0 radical (unpaired) electrons. The van der Waals surface area contributed by atoms with Gasteiger partial charge in [0.15, 0.2) is 0 Å². The lowest BCUT2D eigenvalue weighted by Gasteiger charge is -2.11. The third-order valence-corrected chi connectivity index (χ3v) is 3.72. The van der Waals surface area contributed by atoms with Crippen molar-refractivity contribution in [1.29, 1.82) is 0 Å². The molecule has 2 heterocycles. The van der Waals surface area contributed by atoms with E-state index in [1.165, 1.54) is 11.3 Å². The first-order valence-electron chi connectivity index (χ1n) is 5.13. The molecular formula is C12H11ClN2OS. The Morgan fingerprint density at radius 3 is 2.65 bits per heavy atom. The normalized spacial score (nSPS) is 12.1. The van der Waals surface area contributed by atoms with E-state index in [2.05, 4.69) is 10.3 Å². The standard InChI is InChI=1S/C12H11ClN2OS/c1-8(10-2-3-11(13)17-10)15-12(16)9-4-6-14-7-5-9/h2-8H,1H3,(H,15,16)/t8-/m0/s1. The molecule has 0 aliphatic carbocycles. The molecule has 2 aromatic rings. The van der Waals surface area contributed by atoms with Crippen molar-refractivity contribution in [3.05, 3.63) is 51.4 Å². The van der Waals surface area contributed by atoms with Crippen molar-refractivity contribution in [2.45, 2.75) is 13.0 Å². The van der Waals surface area contributed by atoms with Crippen LogP contribution in [0.25, 0.3) is 0 Å². The highest BCUT2D eigenvalue weighted by Crippen LogP contribution is 2.26. The molecule has 0 aromatic carbocycles. The van der Waals surface area contributed by atoms with Gasteiger partial charge in [0.2, 0.25) is 0 Å². The van der Waals surface area contributed by atoms with Gasteiger partial charge in [0, 0.05) is 22.8 Å². The molecule has 0 fully saturated rings. The molecule has 0 unspecified atom stereocenters. The number of thiophene rings is 1. The number of aromatic nitrogens is 1. The summed E-state index contributed by atoms with van der Waals surface area (Å²) in [5.74, 6) is -0.107. The van der Waals surface area contributed by atoms with Crippen LogP contribution in [0, 0.1) is 0 Å². The van der Waals surface area contributed by atoms with Gasteiger partial charge in [0.25, 0.3) is 5.91 Å². The van der Waals surface area contributed by atoms with E-state index < -0.39 is 0 Å². The Labute approximate surface area is 108 Å². The molecule has 2 rings (SSSR count). The van der Waals surface area contributed by atoms with Gasteiger partial charge >= 0.3 is 0 Å². The Hall–Kier alpha value is -1.39. The van der Waals surface area contributed by atoms with Crippen LogP contribution in [0.2, 0.25) is 4.34 Å². The van der Waals surface area contributed by atoms with E-state index in [0.717, 1.165) is 9.21 Å². The minimum Gasteiger partial charge on any atom is -0.345 e. The van der Waals surface area contributed by atoms with E-state index in [9.17, 15) is 4.79 Å². The monoisotopic (exact) mass is 266 g/mol. The number of carbonyl (C=O) groups excluding carboxylic acids is 1. The summed E-state index contributed by atoms with van der Waals surface area (Å²) in [6, 6.07) is 7.07. The first kappa shape index (κ1) is 12.1. The minimum absolute atomic E-state index is 0.0480. The Morgan fingerprint density at radius 1 is 1.35 bits per heavy atom. The van der Waals surface area contributed by atoms with Crippen LogP contribution >= 0.6 is 22.9 Å². The summed E-state index contributed by atoms with van der Waals surface area (Å²) in [6.07, 6.45) is 3.20. The third-order valence-electron chi connectivity index (χ3n) is 2.31. The molecule has 2 aromatic heterocycles. The van der Waals surface area contributed by atoms with Crippen molar-refractivity contribution in [3.63, 3.8) is 0 Å². The van der Waals surface area contributed by atoms with Gasteiger partial charge in [0.1, 0.15) is 0 Å². The third kappa shape index (κ3) is 3.05. The zero-order valence-corrected chi connectivity index (χ0v) is 10.8. The van der Waals surface area contributed by atoms with Crippen LogP contribution in [0.15, 0.2) is 36.7 Å². The lowest BCUT2D eigenvalue weighted by molar-refractivity contribution is 0.0940. The first-order chi connectivity index (χ1) is 8.16. The largest absolute Gasteiger partial charge is 0.345 e. The molecule has 1 N–H and O–H groups in total. The minimum atomic E-state index is -0.107. The number of rotatable bonds is 3. The molecule has 0 saturated carbocycles. The SMILES string of the molecule is C[C@H](NC(=O)c1ccncc1)c1ccc(Cl)s1. The predicted molar refractivity (Wildman–Crippen MR) is 69.4 cm³/mol. The fraction of sp³-hybridized carbons (Fsp3) is 0.167. The van der Waals surface area contributed by atoms with Crippen LogP contribution in [0.5, 0.6) is 0 Å². The van der Waals surface area contributed by atoms with Crippen molar-refractivity contribution in [3.8, 4) is 0 Å². The van der Waals surface area contributed by atoms with Crippen LogP contribution in [-0.2, 0) is 0 Å². The number of hydrogen-bond acceptors (Lipinski definition) is 3. The zero-order valence-electron chi connectivity index (χ0n) is 9.18. The predicted octanol–water partition coefficient (Wildman–Crippen LogP) is 3.29. The number of nitrogens with zero attached hydrogens (tertiary/aromatic N) is 1. The zero-order chi connectivity index (χ0) is 12.3. The number of amides is 1. The van der Waals surface area contributed by atoms with E-state index in [-0.39, 0.29) is 11.9 Å². The maximum absolute atomic E-state index is 11.9. The fourth-order valence-electron chi connectivity index (χ4n) is 1.42. The van der Waals surface area contributed by atoms with E-state index in [0.29, 0.717) is 5.56 Å². The number of halogens is 1. The van der Waals surface area contributed by atoms with Crippen LogP contribution in [-0.4, -0.2) is 10.9 Å². The molecule has 3 nitrogen and oxygen atoms in total. The second-order valence-electron chi connectivity index (χ2n) is 3.57. The molecule has 0 bridgehead atoms. The van der Waals surface area contributed by atoms with Gasteiger partial charge < -0.3 is 5.32 Å². The maximum Gasteiger partial charge on any atom is 0.251 e. The van der Waals surface area contributed by atoms with Gasteiger partial charge in [-0.2, -0.15) is 0 Å². The van der Waals surface area contributed by atoms with Crippen LogP contribution in [0.3, 0.4) is 0 Å². The van der Waals surface area contributed by atoms with Crippen LogP contribution in [0.4, 0.5) is 0 Å². The highest BCUT2D eigenvalue weighted by atomic mass is 35.5. The van der Waals surface area contributed by atoms with E-state index >= 15 is 0 Å². The smallest absolute Gasteiger partial charge is 0.251 e. The highest BCUT2D eigenvalue weighted by molar-refractivity contribution is 7.16. The average molecular weight is 267 g/mol. The maximum atomic E-state index is 11.9. The molecule has 1 amide bonds. The second kappa shape index (κ2) is 5.29. The number of carbonyl (C=O) groups is 1. The molecular weight excluding hydrogens is 256 g/mol. The van der Waals surface area contributed by atoms with Gasteiger partial charge in [-0.3, -0.25) is 9.78 Å². The second-order valence-corrected chi connectivity index (χ2v) is 5.32. The summed E-state index contributed by atoms with van der Waals surface area (Å²) in [4.78, 5) is 16.8. The topological polar surface area (TPSA) is 42.0 Å². The van der Waals surface area contributed by atoms with Crippen molar-refractivity contribution < 1.29 is 4.79 Å². The van der Waals surface area contributed by atoms with Gasteiger partial charge in [0.05, 0.1) is 10.4 Å². The van der Waals surface area contributed by atoms with Gasteiger partial charge in [-0.05, 0) is 31.2 Å². The number of hydrogen-bond donors (Lipinski definition) is 1. The van der Waals surface area contributed by atoms with Crippen molar-refractivity contribution in [1.82, 2.24) is 10.3 Å². The van der Waals surface area contributed by atoms with Crippen molar-refractivity contribution in [2.24, 2.45) is 0 Å². The highest BCUT2D eigenvalue weighted by Gasteiger charge is 2.12. The summed E-state index contributed by atoms with van der Waals surface area (Å²) in [6.45, 7) is 1.93. The Morgan fingerprint density at radius 2 is 2.06 bits per heavy atom. The summed E-state index contributed by atoms with van der Waals surface area (Å²) >= 11 is 7.33. The molecule has 0 aliphatic rings. The summed E-state index contributed by atoms with van der Waals surface area (Å²) in [7, 11) is 0. The lowest BCUT2D eigenvalue weighted by Crippen LogP contribution is -2.26. The van der Waals surface area contributed by atoms with Gasteiger partial charge in [-0.15, -0.1) is 11.3 Å². The summed E-state index contributed by atoms with van der Waals surface area (Å²) in [5, 5.41) is 2.91. The Bertz CT molecular complexity index is 512. The Kier molecular flexibility index (Phi) is 3.76. The quantitative estimate of drug-likeness (QED) is 0.926. The van der Waals surface area contributed by atoms with E-state index in [1.54, 1.807) is 24.5 Å². The molecule has 0 spiro atoms.